The SMILES string of the molecule is COc1ccc(Oc2ccc(NC(=O)Cc3ccccc3)c(NS(=O)(=O)c3ccc(C)cc3)c2)cc1. The van der Waals surface area contributed by atoms with E-state index in [1.807, 2.05) is 37.3 Å². The molecule has 0 aromatic heterocycles. The smallest absolute Gasteiger partial charge is 0.261 e. The van der Waals surface area contributed by atoms with Gasteiger partial charge < -0.3 is 14.8 Å². The van der Waals surface area contributed by atoms with Crippen LogP contribution >= 0.6 is 0 Å². The van der Waals surface area contributed by atoms with Crippen molar-refractivity contribution in [3.05, 3.63) is 108 Å². The minimum atomic E-state index is -3.92. The van der Waals surface area contributed by atoms with Crippen molar-refractivity contribution in [1.82, 2.24) is 0 Å². The molecule has 4 rings (SSSR count). The van der Waals surface area contributed by atoms with Crippen molar-refractivity contribution in [2.24, 2.45) is 0 Å². The van der Waals surface area contributed by atoms with E-state index < -0.39 is 10.0 Å². The highest BCUT2D eigenvalue weighted by molar-refractivity contribution is 7.92. The van der Waals surface area contributed by atoms with Crippen LogP contribution in [-0.2, 0) is 21.2 Å². The zero-order valence-corrected chi connectivity index (χ0v) is 20.7. The van der Waals surface area contributed by atoms with Gasteiger partial charge in [0.05, 0.1) is 29.8 Å². The van der Waals surface area contributed by atoms with Crippen molar-refractivity contribution in [3.8, 4) is 17.2 Å². The molecule has 0 unspecified atom stereocenters. The normalized spacial score (nSPS) is 10.9. The maximum atomic E-state index is 13.1. The highest BCUT2D eigenvalue weighted by Crippen LogP contribution is 2.32. The lowest BCUT2D eigenvalue weighted by atomic mass is 10.1. The Morgan fingerprint density at radius 3 is 2.08 bits per heavy atom. The molecule has 4 aromatic carbocycles. The second-order valence-corrected chi connectivity index (χ2v) is 9.80. The van der Waals surface area contributed by atoms with Crippen LogP contribution in [0.5, 0.6) is 17.2 Å². The van der Waals surface area contributed by atoms with E-state index in [1.165, 1.54) is 18.2 Å². The van der Waals surface area contributed by atoms with Gasteiger partial charge in [-0.1, -0.05) is 48.0 Å². The fourth-order valence-corrected chi connectivity index (χ4v) is 4.53. The van der Waals surface area contributed by atoms with Crippen LogP contribution in [0.1, 0.15) is 11.1 Å². The molecule has 0 bridgehead atoms. The number of methoxy groups -OCH3 is 1. The van der Waals surface area contributed by atoms with E-state index in [0.29, 0.717) is 22.9 Å². The number of anilines is 2. The quantitative estimate of drug-likeness (QED) is 0.303. The molecule has 0 heterocycles. The van der Waals surface area contributed by atoms with E-state index in [0.717, 1.165) is 11.1 Å². The Hall–Kier alpha value is -4.30. The molecule has 1 amide bonds. The summed E-state index contributed by atoms with van der Waals surface area (Å²) in [5.74, 6) is 1.35. The van der Waals surface area contributed by atoms with Gasteiger partial charge in [0.2, 0.25) is 5.91 Å². The monoisotopic (exact) mass is 502 g/mol. The Labute approximate surface area is 210 Å². The van der Waals surface area contributed by atoms with Gasteiger partial charge in [-0.05, 0) is 61.0 Å². The molecular formula is C28H26N2O5S. The summed E-state index contributed by atoms with van der Waals surface area (Å²) in [5.41, 5.74) is 2.28. The number of aryl methyl sites for hydroxylation is 1. The van der Waals surface area contributed by atoms with Gasteiger partial charge in [0.1, 0.15) is 17.2 Å². The van der Waals surface area contributed by atoms with Gasteiger partial charge in [-0.2, -0.15) is 0 Å². The van der Waals surface area contributed by atoms with Crippen molar-refractivity contribution in [2.45, 2.75) is 18.2 Å². The van der Waals surface area contributed by atoms with Gasteiger partial charge in [0.15, 0.2) is 0 Å². The van der Waals surface area contributed by atoms with Crippen LogP contribution in [0.4, 0.5) is 11.4 Å². The third kappa shape index (κ3) is 6.43. The summed E-state index contributed by atoms with van der Waals surface area (Å²) in [6.07, 6.45) is 0.148. The van der Waals surface area contributed by atoms with Crippen LogP contribution in [0.25, 0.3) is 0 Å². The first kappa shape index (κ1) is 24.8. The maximum absolute atomic E-state index is 13.1. The lowest BCUT2D eigenvalue weighted by Crippen LogP contribution is -2.18. The first-order chi connectivity index (χ1) is 17.3. The fourth-order valence-electron chi connectivity index (χ4n) is 3.46. The second-order valence-electron chi connectivity index (χ2n) is 8.11. The highest BCUT2D eigenvalue weighted by atomic mass is 32.2. The molecule has 2 N–H and O–H groups in total. The first-order valence-corrected chi connectivity index (χ1v) is 12.7. The zero-order valence-electron chi connectivity index (χ0n) is 19.9. The minimum Gasteiger partial charge on any atom is -0.497 e. The molecule has 0 aliphatic carbocycles. The molecule has 0 fully saturated rings. The van der Waals surface area contributed by atoms with Gasteiger partial charge >= 0.3 is 0 Å². The number of carbonyl (C=O) groups is 1. The topological polar surface area (TPSA) is 93.7 Å². The summed E-state index contributed by atoms with van der Waals surface area (Å²) in [6, 6.07) is 27.6. The van der Waals surface area contributed by atoms with Crippen molar-refractivity contribution in [1.29, 1.82) is 0 Å². The molecule has 0 radical (unpaired) electrons. The predicted molar refractivity (Wildman–Crippen MR) is 140 cm³/mol. The minimum absolute atomic E-state index is 0.108. The van der Waals surface area contributed by atoms with Gasteiger partial charge in [-0.15, -0.1) is 0 Å². The summed E-state index contributed by atoms with van der Waals surface area (Å²) >= 11 is 0. The molecule has 0 atom stereocenters. The van der Waals surface area contributed by atoms with Crippen molar-refractivity contribution >= 4 is 27.3 Å². The molecule has 8 heteroatoms. The highest BCUT2D eigenvalue weighted by Gasteiger charge is 2.18. The second kappa shape index (κ2) is 11.0. The Morgan fingerprint density at radius 2 is 1.42 bits per heavy atom. The maximum Gasteiger partial charge on any atom is 0.261 e. The Bertz CT molecular complexity index is 1440. The van der Waals surface area contributed by atoms with Gasteiger partial charge in [0.25, 0.3) is 10.0 Å². The lowest BCUT2D eigenvalue weighted by molar-refractivity contribution is -0.115. The van der Waals surface area contributed by atoms with Crippen molar-refractivity contribution in [2.75, 3.05) is 17.1 Å². The molecule has 184 valence electrons. The molecule has 0 aliphatic rings. The third-order valence-corrected chi connectivity index (χ3v) is 6.72. The number of ether oxygens (including phenoxy) is 2. The molecule has 0 aliphatic heterocycles. The van der Waals surface area contributed by atoms with Gasteiger partial charge in [-0.3, -0.25) is 9.52 Å². The van der Waals surface area contributed by atoms with Crippen LogP contribution in [0.15, 0.2) is 102 Å². The van der Waals surface area contributed by atoms with E-state index in [1.54, 1.807) is 55.6 Å². The van der Waals surface area contributed by atoms with Crippen LogP contribution in [0.2, 0.25) is 0 Å². The van der Waals surface area contributed by atoms with Crippen molar-refractivity contribution < 1.29 is 22.7 Å². The average Bonchev–Trinajstić information content (AvgIpc) is 2.87. The molecule has 36 heavy (non-hydrogen) atoms. The Morgan fingerprint density at radius 1 is 0.778 bits per heavy atom. The zero-order chi connectivity index (χ0) is 25.5. The van der Waals surface area contributed by atoms with Gasteiger partial charge in [-0.25, -0.2) is 8.42 Å². The van der Waals surface area contributed by atoms with Crippen LogP contribution < -0.4 is 19.5 Å². The molecule has 4 aromatic rings. The van der Waals surface area contributed by atoms with E-state index >= 15 is 0 Å². The fraction of sp³-hybridized carbons (Fsp3) is 0.107. The number of amides is 1. The number of hydrogen-bond acceptors (Lipinski definition) is 5. The molecule has 0 saturated carbocycles. The number of hydrogen-bond donors (Lipinski definition) is 2. The van der Waals surface area contributed by atoms with E-state index in [4.69, 9.17) is 9.47 Å². The molecule has 0 spiro atoms. The molecule has 0 saturated heterocycles. The average molecular weight is 503 g/mol. The van der Waals surface area contributed by atoms with E-state index in [9.17, 15) is 13.2 Å². The summed E-state index contributed by atoms with van der Waals surface area (Å²) in [5, 5.41) is 2.81. The number of benzene rings is 4. The number of sulfonamides is 1. The largest absolute Gasteiger partial charge is 0.497 e. The van der Waals surface area contributed by atoms with E-state index in [-0.39, 0.29) is 22.9 Å². The lowest BCUT2D eigenvalue weighted by Gasteiger charge is -2.16. The summed E-state index contributed by atoms with van der Waals surface area (Å²) < 4.78 is 39.9. The van der Waals surface area contributed by atoms with Crippen LogP contribution in [0.3, 0.4) is 0 Å². The molecular weight excluding hydrogens is 476 g/mol. The summed E-state index contributed by atoms with van der Waals surface area (Å²) in [7, 11) is -2.34. The summed E-state index contributed by atoms with van der Waals surface area (Å²) in [4.78, 5) is 12.8. The van der Waals surface area contributed by atoms with Gasteiger partial charge in [0, 0.05) is 6.07 Å². The number of nitrogens with one attached hydrogen (secondary N) is 2. The predicted octanol–water partition coefficient (Wildman–Crippen LogP) is 5.78. The van der Waals surface area contributed by atoms with E-state index in [2.05, 4.69) is 10.0 Å². The number of carbonyl (C=O) groups excluding carboxylic acids is 1. The Balaban J connectivity index is 1.62. The first-order valence-electron chi connectivity index (χ1n) is 11.2. The summed E-state index contributed by atoms with van der Waals surface area (Å²) in [6.45, 7) is 1.88. The van der Waals surface area contributed by atoms with Crippen LogP contribution in [0, 0.1) is 6.92 Å². The van der Waals surface area contributed by atoms with Crippen LogP contribution in [-0.4, -0.2) is 21.4 Å². The van der Waals surface area contributed by atoms with Crippen molar-refractivity contribution in [3.63, 3.8) is 0 Å². The Kier molecular flexibility index (Phi) is 7.56. The standard InChI is InChI=1S/C28H26N2O5S/c1-20-8-15-25(16-9-20)36(32,33)30-27-19-24(35-23-12-10-22(34-2)11-13-23)14-17-26(27)29-28(31)18-21-6-4-3-5-7-21/h3-17,19,30H,18H2,1-2H3,(H,29,31). The number of rotatable bonds is 9. The third-order valence-electron chi connectivity index (χ3n) is 5.34. The molecule has 7 nitrogen and oxygen atoms in total.